The van der Waals surface area contributed by atoms with Gasteiger partial charge < -0.3 is 14.6 Å². The van der Waals surface area contributed by atoms with Crippen molar-refractivity contribution in [3.8, 4) is 0 Å². The van der Waals surface area contributed by atoms with Crippen LogP contribution in [0.3, 0.4) is 0 Å². The van der Waals surface area contributed by atoms with E-state index in [1.54, 1.807) is 0 Å². The van der Waals surface area contributed by atoms with Gasteiger partial charge in [-0.15, -0.1) is 11.3 Å². The van der Waals surface area contributed by atoms with Gasteiger partial charge in [-0.3, -0.25) is 0 Å². The molecule has 1 fully saturated rings. The van der Waals surface area contributed by atoms with Crippen LogP contribution in [0.25, 0.3) is 10.9 Å². The second-order valence-electron chi connectivity index (χ2n) is 8.38. The summed E-state index contributed by atoms with van der Waals surface area (Å²) in [6.45, 7) is 0.849. The molecule has 27 heavy (non-hydrogen) atoms. The van der Waals surface area contributed by atoms with Crippen LogP contribution in [-0.4, -0.2) is 30.6 Å². The highest BCUT2D eigenvalue weighted by atomic mass is 32.1. The Labute approximate surface area is 165 Å². The second kappa shape index (κ2) is 6.77. The van der Waals surface area contributed by atoms with E-state index in [9.17, 15) is 0 Å². The predicted molar refractivity (Wildman–Crippen MR) is 112 cm³/mol. The van der Waals surface area contributed by atoms with Crippen LogP contribution < -0.4 is 0 Å². The summed E-state index contributed by atoms with van der Waals surface area (Å²) in [7, 11) is 4.45. The summed E-state index contributed by atoms with van der Waals surface area (Å²) in [6.07, 6.45) is 5.70. The van der Waals surface area contributed by atoms with Crippen molar-refractivity contribution in [1.82, 2.24) is 9.88 Å². The number of rotatable bonds is 3. The van der Waals surface area contributed by atoms with E-state index in [-0.39, 0.29) is 5.60 Å². The molecule has 1 aliphatic heterocycles. The van der Waals surface area contributed by atoms with E-state index in [0.29, 0.717) is 12.0 Å². The zero-order valence-corrected chi connectivity index (χ0v) is 17.0. The van der Waals surface area contributed by atoms with E-state index >= 15 is 0 Å². The first kappa shape index (κ1) is 17.5. The monoisotopic (exact) mass is 380 g/mol. The summed E-state index contributed by atoms with van der Waals surface area (Å²) in [6, 6.07) is 13.7. The molecular formula is C23H28N2OS. The van der Waals surface area contributed by atoms with E-state index in [2.05, 4.69) is 65.8 Å². The molecule has 2 aromatic heterocycles. The SMILES string of the molecule is CN(C)C(c1cccs1)C1CCC2(CC1)OCCc1c2[nH]c2ccccc12. The minimum Gasteiger partial charge on any atom is -0.368 e. The van der Waals surface area contributed by atoms with Crippen molar-refractivity contribution < 1.29 is 4.74 Å². The molecule has 0 bridgehead atoms. The van der Waals surface area contributed by atoms with Crippen LogP contribution in [0.1, 0.15) is 47.9 Å². The van der Waals surface area contributed by atoms with Crippen molar-refractivity contribution in [2.75, 3.05) is 20.7 Å². The molecule has 1 spiro atoms. The highest BCUT2D eigenvalue weighted by Crippen LogP contribution is 2.50. The number of fused-ring (bicyclic) bond motifs is 4. The normalized spacial score (nSPS) is 26.6. The van der Waals surface area contributed by atoms with Crippen LogP contribution in [0, 0.1) is 5.92 Å². The molecular weight excluding hydrogens is 352 g/mol. The van der Waals surface area contributed by atoms with Gasteiger partial charge in [0.25, 0.3) is 0 Å². The maximum Gasteiger partial charge on any atom is 0.108 e. The molecule has 1 aromatic carbocycles. The molecule has 3 heterocycles. The molecule has 1 aliphatic carbocycles. The number of H-pyrrole nitrogens is 1. The molecule has 1 unspecified atom stereocenters. The van der Waals surface area contributed by atoms with Gasteiger partial charge in [0.1, 0.15) is 5.60 Å². The van der Waals surface area contributed by atoms with E-state index in [1.807, 2.05) is 11.3 Å². The minimum absolute atomic E-state index is 0.102. The Morgan fingerprint density at radius 1 is 1.15 bits per heavy atom. The Kier molecular flexibility index (Phi) is 4.38. The fourth-order valence-electron chi connectivity index (χ4n) is 5.45. The summed E-state index contributed by atoms with van der Waals surface area (Å²) in [4.78, 5) is 7.64. The smallest absolute Gasteiger partial charge is 0.108 e. The molecule has 1 N–H and O–H groups in total. The Bertz CT molecular complexity index is 919. The van der Waals surface area contributed by atoms with Gasteiger partial charge in [0.15, 0.2) is 0 Å². The Balaban J connectivity index is 1.44. The summed E-state index contributed by atoms with van der Waals surface area (Å²) in [5, 5.41) is 3.60. The summed E-state index contributed by atoms with van der Waals surface area (Å²) in [5.41, 5.74) is 4.03. The fourth-order valence-corrected chi connectivity index (χ4v) is 6.47. The zero-order chi connectivity index (χ0) is 18.4. The highest BCUT2D eigenvalue weighted by Gasteiger charge is 2.44. The summed E-state index contributed by atoms with van der Waals surface area (Å²) < 4.78 is 6.50. The van der Waals surface area contributed by atoms with E-state index in [1.165, 1.54) is 39.9 Å². The number of hydrogen-bond donors (Lipinski definition) is 1. The topological polar surface area (TPSA) is 28.3 Å². The maximum absolute atomic E-state index is 6.50. The Morgan fingerprint density at radius 2 is 1.96 bits per heavy atom. The fraction of sp³-hybridized carbons (Fsp3) is 0.478. The van der Waals surface area contributed by atoms with Gasteiger partial charge in [0, 0.05) is 21.8 Å². The third-order valence-corrected chi connectivity index (χ3v) is 7.62. The highest BCUT2D eigenvalue weighted by molar-refractivity contribution is 7.10. The molecule has 3 aromatic rings. The predicted octanol–water partition coefficient (Wildman–Crippen LogP) is 5.49. The third-order valence-electron chi connectivity index (χ3n) is 6.68. The number of aromatic amines is 1. The van der Waals surface area contributed by atoms with Gasteiger partial charge in [-0.1, -0.05) is 24.3 Å². The number of thiophene rings is 1. The summed E-state index contributed by atoms with van der Waals surface area (Å²) in [5.74, 6) is 0.697. The number of benzene rings is 1. The second-order valence-corrected chi connectivity index (χ2v) is 9.36. The van der Waals surface area contributed by atoms with Crippen molar-refractivity contribution in [3.63, 3.8) is 0 Å². The van der Waals surface area contributed by atoms with Gasteiger partial charge >= 0.3 is 0 Å². The number of nitrogens with zero attached hydrogens (tertiary/aromatic N) is 1. The van der Waals surface area contributed by atoms with Gasteiger partial charge in [-0.25, -0.2) is 0 Å². The maximum atomic E-state index is 6.50. The Morgan fingerprint density at radius 3 is 2.70 bits per heavy atom. The van der Waals surface area contributed by atoms with Crippen molar-refractivity contribution >= 4 is 22.2 Å². The molecule has 1 saturated carbocycles. The number of hydrogen-bond acceptors (Lipinski definition) is 3. The standard InChI is InChI=1S/C23H28N2OS/c1-25(2)21(20-8-5-15-27-20)16-9-12-23(13-10-16)22-18(11-14-26-23)17-6-3-4-7-19(17)24-22/h3-8,15-16,21,24H,9-14H2,1-2H3. The van der Waals surface area contributed by atoms with Crippen molar-refractivity contribution in [3.05, 3.63) is 57.9 Å². The largest absolute Gasteiger partial charge is 0.368 e. The van der Waals surface area contributed by atoms with Crippen molar-refractivity contribution in [2.24, 2.45) is 5.92 Å². The lowest BCUT2D eigenvalue weighted by molar-refractivity contribution is -0.0996. The average molecular weight is 381 g/mol. The number of para-hydroxylation sites is 1. The summed E-state index contributed by atoms with van der Waals surface area (Å²) >= 11 is 1.89. The van der Waals surface area contributed by atoms with E-state index < -0.39 is 0 Å². The lowest BCUT2D eigenvalue weighted by Gasteiger charge is -2.45. The van der Waals surface area contributed by atoms with Gasteiger partial charge in [0.05, 0.1) is 12.3 Å². The Hall–Kier alpha value is -1.62. The quantitative estimate of drug-likeness (QED) is 0.651. The molecule has 0 amide bonds. The number of nitrogens with one attached hydrogen (secondary N) is 1. The first-order valence-electron chi connectivity index (χ1n) is 10.1. The zero-order valence-electron chi connectivity index (χ0n) is 16.2. The first-order valence-corrected chi connectivity index (χ1v) is 11.0. The molecule has 0 radical (unpaired) electrons. The van der Waals surface area contributed by atoms with Gasteiger partial charge in [-0.2, -0.15) is 0 Å². The molecule has 4 heteroatoms. The number of aromatic nitrogens is 1. The molecule has 3 nitrogen and oxygen atoms in total. The van der Waals surface area contributed by atoms with Crippen molar-refractivity contribution in [2.45, 2.75) is 43.7 Å². The van der Waals surface area contributed by atoms with Crippen LogP contribution in [0.2, 0.25) is 0 Å². The third kappa shape index (κ3) is 2.86. The van der Waals surface area contributed by atoms with Gasteiger partial charge in [-0.05, 0) is 75.2 Å². The van der Waals surface area contributed by atoms with Crippen molar-refractivity contribution in [1.29, 1.82) is 0 Å². The molecule has 0 saturated heterocycles. The van der Waals surface area contributed by atoms with Crippen LogP contribution in [-0.2, 0) is 16.8 Å². The van der Waals surface area contributed by atoms with Crippen LogP contribution in [0.5, 0.6) is 0 Å². The number of ether oxygens (including phenoxy) is 1. The first-order chi connectivity index (χ1) is 13.2. The molecule has 2 aliphatic rings. The van der Waals surface area contributed by atoms with Crippen LogP contribution in [0.4, 0.5) is 0 Å². The van der Waals surface area contributed by atoms with Gasteiger partial charge in [0.2, 0.25) is 0 Å². The minimum atomic E-state index is -0.102. The molecule has 1 atom stereocenters. The average Bonchev–Trinajstić information content (AvgIpc) is 3.32. The lowest BCUT2D eigenvalue weighted by atomic mass is 9.72. The molecule has 5 rings (SSSR count). The van der Waals surface area contributed by atoms with E-state index in [0.717, 1.165) is 25.9 Å². The van der Waals surface area contributed by atoms with Crippen LogP contribution >= 0.6 is 11.3 Å². The van der Waals surface area contributed by atoms with E-state index in [4.69, 9.17) is 4.74 Å². The molecule has 142 valence electrons. The van der Waals surface area contributed by atoms with Crippen LogP contribution in [0.15, 0.2) is 41.8 Å². The lowest BCUT2D eigenvalue weighted by Crippen LogP contribution is -2.41.